The van der Waals surface area contributed by atoms with Crippen LogP contribution in [0.15, 0.2) is 29.5 Å². The van der Waals surface area contributed by atoms with Gasteiger partial charge in [-0.25, -0.2) is 22.8 Å². The Kier molecular flexibility index (Phi) is 4.97. The van der Waals surface area contributed by atoms with Crippen molar-refractivity contribution in [1.29, 1.82) is 0 Å². The number of fused-ring (bicyclic) bond motifs is 1. The average molecular weight is 393 g/mol. The minimum Gasteiger partial charge on any atom is -0.323 e. The zero-order valence-corrected chi connectivity index (χ0v) is 15.5. The summed E-state index contributed by atoms with van der Waals surface area (Å²) >= 11 is 0. The lowest BCUT2D eigenvalue weighted by molar-refractivity contribution is -0.116. The second-order valence-electron chi connectivity index (χ2n) is 7.23. The molecule has 1 aromatic carbocycles. The molecule has 7 nitrogen and oxygen atoms in total. The van der Waals surface area contributed by atoms with Gasteiger partial charge in [-0.1, -0.05) is 0 Å². The van der Waals surface area contributed by atoms with Crippen LogP contribution in [0.1, 0.15) is 27.2 Å². The van der Waals surface area contributed by atoms with Crippen LogP contribution >= 0.6 is 0 Å². The first kappa shape index (κ1) is 19.6. The summed E-state index contributed by atoms with van der Waals surface area (Å²) in [5, 5.41) is 6.66. The Morgan fingerprint density at radius 3 is 2.57 bits per heavy atom. The third kappa shape index (κ3) is 3.62. The molecule has 0 aliphatic carbocycles. The maximum atomic E-state index is 13.6. The van der Waals surface area contributed by atoms with Crippen molar-refractivity contribution >= 4 is 22.6 Å². The van der Waals surface area contributed by atoms with Gasteiger partial charge in [0.25, 0.3) is 5.56 Å². The van der Waals surface area contributed by atoms with Crippen LogP contribution in [0.2, 0.25) is 0 Å². The highest BCUT2D eigenvalue weighted by Crippen LogP contribution is 2.20. The molecule has 0 aliphatic rings. The minimum atomic E-state index is -1.67. The molecule has 0 bridgehead atoms. The second kappa shape index (κ2) is 7.10. The number of rotatable bonds is 4. The number of hydrogen-bond donors (Lipinski definition) is 1. The van der Waals surface area contributed by atoms with Crippen molar-refractivity contribution in [3.05, 3.63) is 52.5 Å². The zero-order valence-electron chi connectivity index (χ0n) is 15.5. The van der Waals surface area contributed by atoms with Crippen LogP contribution < -0.4 is 10.9 Å². The number of nitrogens with zero attached hydrogens (tertiary/aromatic N) is 4. The maximum absolute atomic E-state index is 13.6. The fourth-order valence-corrected chi connectivity index (χ4v) is 2.66. The Hall–Kier alpha value is -3.17. The Bertz CT molecular complexity index is 1110. The summed E-state index contributed by atoms with van der Waals surface area (Å²) in [4.78, 5) is 28.8. The molecule has 0 radical (unpaired) electrons. The zero-order chi connectivity index (χ0) is 20.6. The number of nitrogens with one attached hydrogen (secondary N) is 1. The van der Waals surface area contributed by atoms with Crippen LogP contribution in [0.4, 0.5) is 18.9 Å². The summed E-state index contributed by atoms with van der Waals surface area (Å²) in [6.45, 7) is 5.75. The lowest BCUT2D eigenvalue weighted by Crippen LogP contribution is -2.26. The number of carbonyl (C=O) groups excluding carboxylic acids is 1. The number of aromatic nitrogens is 4. The quantitative estimate of drug-likeness (QED) is 0.691. The molecule has 0 fully saturated rings. The number of aryl methyl sites for hydroxylation is 1. The molecule has 0 atom stereocenters. The van der Waals surface area contributed by atoms with Gasteiger partial charge in [0.2, 0.25) is 5.91 Å². The monoisotopic (exact) mass is 393 g/mol. The van der Waals surface area contributed by atoms with E-state index in [9.17, 15) is 22.8 Å². The summed E-state index contributed by atoms with van der Waals surface area (Å²) in [6.07, 6.45) is 2.53. The van der Waals surface area contributed by atoms with Gasteiger partial charge in [0.1, 0.15) is 5.39 Å². The first-order valence-corrected chi connectivity index (χ1v) is 8.46. The van der Waals surface area contributed by atoms with Gasteiger partial charge in [0, 0.05) is 13.0 Å². The van der Waals surface area contributed by atoms with Crippen molar-refractivity contribution in [3.63, 3.8) is 0 Å². The summed E-state index contributed by atoms with van der Waals surface area (Å²) in [6, 6.07) is 1.63. The fourth-order valence-electron chi connectivity index (χ4n) is 2.66. The van der Waals surface area contributed by atoms with Crippen molar-refractivity contribution < 1.29 is 18.0 Å². The number of benzene rings is 1. The molecule has 0 saturated heterocycles. The molecule has 0 spiro atoms. The average Bonchev–Trinajstić information content (AvgIpc) is 3.07. The van der Waals surface area contributed by atoms with E-state index in [1.54, 1.807) is 4.68 Å². The van der Waals surface area contributed by atoms with Gasteiger partial charge in [-0.2, -0.15) is 5.10 Å². The third-order valence-electron chi connectivity index (χ3n) is 4.08. The van der Waals surface area contributed by atoms with Crippen molar-refractivity contribution in [3.8, 4) is 0 Å². The lowest BCUT2D eigenvalue weighted by Gasteiger charge is -2.19. The van der Waals surface area contributed by atoms with Crippen molar-refractivity contribution in [1.82, 2.24) is 19.3 Å². The molecule has 0 saturated carbocycles. The summed E-state index contributed by atoms with van der Waals surface area (Å²) < 4.78 is 42.6. The van der Waals surface area contributed by atoms with Crippen molar-refractivity contribution in [2.75, 3.05) is 5.32 Å². The standard InChI is InChI=1S/C18H18F3N5O2/c1-18(2,3)26-16-10(8-23-26)17(28)25(9-22-16)7-6-13(27)24-12-5-4-11(19)14(20)15(12)21/h4-5,8-9H,6-7H2,1-3H3,(H,24,27). The van der Waals surface area contributed by atoms with E-state index in [1.807, 2.05) is 20.8 Å². The summed E-state index contributed by atoms with van der Waals surface area (Å²) in [5.74, 6) is -5.16. The largest absolute Gasteiger partial charge is 0.323 e. The van der Waals surface area contributed by atoms with Gasteiger partial charge in [-0.05, 0) is 32.9 Å². The Labute approximate surface area is 157 Å². The molecule has 3 aromatic rings. The van der Waals surface area contributed by atoms with Crippen molar-refractivity contribution in [2.24, 2.45) is 0 Å². The van der Waals surface area contributed by atoms with E-state index in [4.69, 9.17) is 0 Å². The number of halogens is 3. The maximum Gasteiger partial charge on any atom is 0.264 e. The molecule has 148 valence electrons. The first-order chi connectivity index (χ1) is 13.1. The summed E-state index contributed by atoms with van der Waals surface area (Å²) in [5.41, 5.74) is -0.771. The van der Waals surface area contributed by atoms with Gasteiger partial charge >= 0.3 is 0 Å². The van der Waals surface area contributed by atoms with Gasteiger partial charge in [0.15, 0.2) is 23.1 Å². The van der Waals surface area contributed by atoms with Crippen LogP contribution in [-0.2, 0) is 16.9 Å². The van der Waals surface area contributed by atoms with Gasteiger partial charge in [-0.15, -0.1) is 0 Å². The molecule has 1 N–H and O–H groups in total. The molecular weight excluding hydrogens is 375 g/mol. The van der Waals surface area contributed by atoms with Gasteiger partial charge < -0.3 is 5.32 Å². The van der Waals surface area contributed by atoms with Crippen LogP contribution in [0.3, 0.4) is 0 Å². The van der Waals surface area contributed by atoms with Gasteiger partial charge in [-0.3, -0.25) is 14.2 Å². The topological polar surface area (TPSA) is 81.8 Å². The summed E-state index contributed by atoms with van der Waals surface area (Å²) in [7, 11) is 0. The number of amides is 1. The molecule has 28 heavy (non-hydrogen) atoms. The fraction of sp³-hybridized carbons (Fsp3) is 0.333. The second-order valence-corrected chi connectivity index (χ2v) is 7.23. The van der Waals surface area contributed by atoms with E-state index in [1.165, 1.54) is 17.1 Å². The van der Waals surface area contributed by atoms with Crippen LogP contribution in [0, 0.1) is 17.5 Å². The highest BCUT2D eigenvalue weighted by Gasteiger charge is 2.20. The number of carbonyl (C=O) groups is 1. The van der Waals surface area contributed by atoms with Gasteiger partial charge in [0.05, 0.1) is 23.8 Å². The molecule has 2 aromatic heterocycles. The van der Waals surface area contributed by atoms with Crippen LogP contribution in [0.25, 0.3) is 11.0 Å². The predicted octanol–water partition coefficient (Wildman–Crippen LogP) is 2.79. The van der Waals surface area contributed by atoms with E-state index in [-0.39, 0.29) is 24.1 Å². The van der Waals surface area contributed by atoms with Crippen LogP contribution in [-0.4, -0.2) is 25.2 Å². The minimum absolute atomic E-state index is 0.0282. The molecule has 0 aliphatic heterocycles. The highest BCUT2D eigenvalue weighted by molar-refractivity contribution is 5.90. The molecule has 0 unspecified atom stereocenters. The highest BCUT2D eigenvalue weighted by atomic mass is 19.2. The van der Waals surface area contributed by atoms with E-state index < -0.39 is 29.0 Å². The van der Waals surface area contributed by atoms with E-state index in [0.717, 1.165) is 6.07 Å². The molecule has 3 rings (SSSR count). The SMILES string of the molecule is CC(C)(C)n1ncc2c(=O)n(CCC(=O)Nc3ccc(F)c(F)c3F)cnc21. The molecular formula is C18H18F3N5O2. The Morgan fingerprint density at radius 2 is 1.89 bits per heavy atom. The number of anilines is 1. The molecule has 2 heterocycles. The Balaban J connectivity index is 1.75. The number of hydrogen-bond acceptors (Lipinski definition) is 4. The van der Waals surface area contributed by atoms with Crippen LogP contribution in [0.5, 0.6) is 0 Å². The van der Waals surface area contributed by atoms with E-state index in [2.05, 4.69) is 15.4 Å². The van der Waals surface area contributed by atoms with Crippen molar-refractivity contribution in [2.45, 2.75) is 39.3 Å². The smallest absolute Gasteiger partial charge is 0.264 e. The predicted molar refractivity (Wildman–Crippen MR) is 96.3 cm³/mol. The molecule has 1 amide bonds. The third-order valence-corrected chi connectivity index (χ3v) is 4.08. The lowest BCUT2D eigenvalue weighted by atomic mass is 10.1. The van der Waals surface area contributed by atoms with E-state index >= 15 is 0 Å². The normalized spacial score (nSPS) is 11.8. The molecule has 10 heteroatoms. The van der Waals surface area contributed by atoms with E-state index in [0.29, 0.717) is 17.1 Å². The first-order valence-electron chi connectivity index (χ1n) is 8.46. The Morgan fingerprint density at radius 1 is 1.18 bits per heavy atom.